The Labute approximate surface area is 48.5 Å². The minimum atomic E-state index is -0.833. The lowest BCUT2D eigenvalue weighted by atomic mass is 10.8. The molecule has 4 nitrogen and oxygen atoms in total. The third-order valence-electron chi connectivity index (χ3n) is 0.487. The fourth-order valence-electron chi connectivity index (χ4n) is 0.264. The number of nitrogens with zero attached hydrogens (tertiary/aromatic N) is 1. The third-order valence-corrected chi connectivity index (χ3v) is 0.487. The molecule has 46 valence electrons. The van der Waals surface area contributed by atoms with Gasteiger partial charge in [0.25, 0.3) is 0 Å². The van der Waals surface area contributed by atoms with Crippen LogP contribution in [0.15, 0.2) is 4.99 Å². The summed E-state index contributed by atoms with van der Waals surface area (Å²) in [6, 6.07) is 0. The summed E-state index contributed by atoms with van der Waals surface area (Å²) in [6.07, 6.45) is 1.49. The van der Waals surface area contributed by atoms with Crippen LogP contribution in [0, 0.1) is 0 Å². The lowest BCUT2D eigenvalue weighted by Gasteiger charge is -1.76. The van der Waals surface area contributed by atoms with Gasteiger partial charge in [-0.1, -0.05) is 0 Å². The van der Waals surface area contributed by atoms with Crippen LogP contribution in [0.5, 0.6) is 0 Å². The second kappa shape index (κ2) is 6.53. The first kappa shape index (κ1) is 7.53. The molecule has 0 bridgehead atoms. The minimum Gasteiger partial charge on any atom is -0.482 e. The lowest BCUT2D eigenvalue weighted by Crippen LogP contribution is -1.80. The molecule has 0 saturated carbocycles. The standard InChI is InChI=1S/C3H5NO.HO2P/c1-2-5-3-4-1;1-3-2/h3H,1-2H2;(H,1,2). The van der Waals surface area contributed by atoms with Crippen molar-refractivity contribution < 1.29 is 14.2 Å². The molecule has 0 aromatic rings. The Morgan fingerprint density at radius 3 is 2.62 bits per heavy atom. The zero-order valence-electron chi connectivity index (χ0n) is 4.15. The van der Waals surface area contributed by atoms with E-state index in [0.717, 1.165) is 13.2 Å². The summed E-state index contributed by atoms with van der Waals surface area (Å²) < 4.78 is 13.1. The Morgan fingerprint density at radius 1 is 1.88 bits per heavy atom. The molecule has 1 N–H and O–H groups in total. The number of rotatable bonds is 0. The monoisotopic (exact) mass is 135 g/mol. The maximum Gasteiger partial charge on any atom is 0.324 e. The second-order valence-corrected chi connectivity index (χ2v) is 1.13. The van der Waals surface area contributed by atoms with Crippen molar-refractivity contribution in [3.63, 3.8) is 0 Å². The highest BCUT2D eigenvalue weighted by atomic mass is 31.1. The van der Waals surface area contributed by atoms with E-state index in [2.05, 4.69) is 9.73 Å². The average Bonchev–Trinajstić information content (AvgIpc) is 2.17. The molecule has 5 heteroatoms. The van der Waals surface area contributed by atoms with Crippen molar-refractivity contribution in [2.24, 2.45) is 4.99 Å². The molecular formula is C3H6NO3P. The van der Waals surface area contributed by atoms with Crippen LogP contribution < -0.4 is 0 Å². The zero-order valence-corrected chi connectivity index (χ0v) is 5.04. The lowest BCUT2D eigenvalue weighted by molar-refractivity contribution is 0.361. The Bertz CT molecular complexity index is 78.6. The van der Waals surface area contributed by atoms with E-state index < -0.39 is 8.69 Å². The van der Waals surface area contributed by atoms with Crippen LogP contribution >= 0.6 is 8.69 Å². The van der Waals surface area contributed by atoms with Crippen LogP contribution in [0.4, 0.5) is 0 Å². The van der Waals surface area contributed by atoms with Gasteiger partial charge in [0.05, 0.1) is 6.54 Å². The maximum absolute atomic E-state index is 8.46. The van der Waals surface area contributed by atoms with E-state index in [4.69, 9.17) is 9.46 Å². The van der Waals surface area contributed by atoms with Crippen molar-refractivity contribution in [2.75, 3.05) is 13.2 Å². The molecule has 8 heavy (non-hydrogen) atoms. The van der Waals surface area contributed by atoms with Crippen LogP contribution in [-0.4, -0.2) is 24.4 Å². The maximum atomic E-state index is 8.46. The molecule has 0 aromatic carbocycles. The van der Waals surface area contributed by atoms with Gasteiger partial charge in [-0.05, 0) is 0 Å². The molecule has 0 atom stereocenters. The van der Waals surface area contributed by atoms with Gasteiger partial charge in [-0.25, -0.2) is 4.57 Å². The first-order valence-electron chi connectivity index (χ1n) is 1.98. The van der Waals surface area contributed by atoms with Gasteiger partial charge in [0.2, 0.25) is 0 Å². The highest BCUT2D eigenvalue weighted by Crippen LogP contribution is 1.78. The molecule has 0 amide bonds. The first-order valence-corrected chi connectivity index (χ1v) is 2.75. The largest absolute Gasteiger partial charge is 0.482 e. The Hall–Kier alpha value is -0.470. The number of ether oxygens (including phenoxy) is 1. The Morgan fingerprint density at radius 2 is 2.50 bits per heavy atom. The SMILES string of the molecule is C1=NCCO1.O=PO. The van der Waals surface area contributed by atoms with Gasteiger partial charge in [-0.15, -0.1) is 0 Å². The quantitative estimate of drug-likeness (QED) is 0.483. The molecular weight excluding hydrogens is 129 g/mol. The van der Waals surface area contributed by atoms with Crippen molar-refractivity contribution >= 4 is 15.1 Å². The summed E-state index contributed by atoms with van der Waals surface area (Å²) in [6.45, 7) is 1.62. The van der Waals surface area contributed by atoms with E-state index >= 15 is 0 Å². The van der Waals surface area contributed by atoms with Crippen molar-refractivity contribution in [1.82, 2.24) is 0 Å². The van der Waals surface area contributed by atoms with Gasteiger partial charge in [0.15, 0.2) is 6.40 Å². The zero-order chi connectivity index (χ0) is 6.24. The predicted octanol–water partition coefficient (Wildman–Crippen LogP) is 0.230. The van der Waals surface area contributed by atoms with E-state index in [1.807, 2.05) is 0 Å². The fraction of sp³-hybridized carbons (Fsp3) is 0.667. The van der Waals surface area contributed by atoms with Gasteiger partial charge in [0, 0.05) is 0 Å². The minimum absolute atomic E-state index is 0.778. The van der Waals surface area contributed by atoms with E-state index in [1.165, 1.54) is 6.40 Å². The Kier molecular flexibility index (Phi) is 6.15. The number of hydrogen-bond acceptors (Lipinski definition) is 3. The van der Waals surface area contributed by atoms with Gasteiger partial charge in [-0.3, -0.25) is 4.99 Å². The highest BCUT2D eigenvalue weighted by Gasteiger charge is 1.84. The van der Waals surface area contributed by atoms with E-state index in [1.54, 1.807) is 0 Å². The molecule has 0 radical (unpaired) electrons. The van der Waals surface area contributed by atoms with Gasteiger partial charge < -0.3 is 9.63 Å². The molecule has 0 fully saturated rings. The smallest absolute Gasteiger partial charge is 0.324 e. The van der Waals surface area contributed by atoms with Gasteiger partial charge in [0.1, 0.15) is 6.61 Å². The third kappa shape index (κ3) is 5.53. The van der Waals surface area contributed by atoms with Crippen molar-refractivity contribution in [2.45, 2.75) is 0 Å². The normalized spacial score (nSPS) is 14.6. The summed E-state index contributed by atoms with van der Waals surface area (Å²) in [4.78, 5) is 10.7. The van der Waals surface area contributed by atoms with Crippen LogP contribution in [0.3, 0.4) is 0 Å². The van der Waals surface area contributed by atoms with Crippen LogP contribution in [0.2, 0.25) is 0 Å². The van der Waals surface area contributed by atoms with Crippen molar-refractivity contribution in [3.05, 3.63) is 0 Å². The second-order valence-electron chi connectivity index (χ2n) is 0.964. The molecule has 1 aliphatic rings. The van der Waals surface area contributed by atoms with E-state index in [9.17, 15) is 0 Å². The number of aliphatic imine (C=N–C) groups is 1. The molecule has 1 heterocycles. The highest BCUT2D eigenvalue weighted by molar-refractivity contribution is 7.16. The van der Waals surface area contributed by atoms with Gasteiger partial charge >= 0.3 is 8.69 Å². The molecule has 1 aliphatic heterocycles. The molecule has 0 aliphatic carbocycles. The van der Waals surface area contributed by atoms with Crippen molar-refractivity contribution in [3.8, 4) is 0 Å². The van der Waals surface area contributed by atoms with Crippen LogP contribution in [0.1, 0.15) is 0 Å². The molecule has 0 unspecified atom stereocenters. The summed E-state index contributed by atoms with van der Waals surface area (Å²) in [7, 11) is -0.833. The summed E-state index contributed by atoms with van der Waals surface area (Å²) in [5.74, 6) is 0. The first-order chi connectivity index (χ1) is 3.91. The van der Waals surface area contributed by atoms with E-state index in [-0.39, 0.29) is 0 Å². The van der Waals surface area contributed by atoms with E-state index in [0.29, 0.717) is 0 Å². The number of hydrogen-bond donors (Lipinski definition) is 1. The van der Waals surface area contributed by atoms with Gasteiger partial charge in [-0.2, -0.15) is 0 Å². The fourth-order valence-corrected chi connectivity index (χ4v) is 0.264. The predicted molar refractivity (Wildman–Crippen MR) is 29.1 cm³/mol. The summed E-state index contributed by atoms with van der Waals surface area (Å²) in [5, 5.41) is 0. The average molecular weight is 135 g/mol. The molecule has 1 rings (SSSR count). The van der Waals surface area contributed by atoms with Crippen LogP contribution in [-0.2, 0) is 9.30 Å². The molecule has 0 aromatic heterocycles. The summed E-state index contributed by atoms with van der Waals surface area (Å²) in [5.41, 5.74) is 0. The molecule has 0 saturated heterocycles. The van der Waals surface area contributed by atoms with Crippen molar-refractivity contribution in [1.29, 1.82) is 0 Å². The van der Waals surface area contributed by atoms with Crippen LogP contribution in [0.25, 0.3) is 0 Å². The Balaban J connectivity index is 0.000000145. The topological polar surface area (TPSA) is 58.9 Å². The molecule has 0 spiro atoms. The summed E-state index contributed by atoms with van der Waals surface area (Å²) >= 11 is 0.